The van der Waals surface area contributed by atoms with Crippen molar-refractivity contribution in [1.29, 1.82) is 0 Å². The first-order valence-electron chi connectivity index (χ1n) is 8.55. The van der Waals surface area contributed by atoms with Crippen molar-refractivity contribution in [3.05, 3.63) is 18.7 Å². The Hall–Kier alpha value is -1.32. The average Bonchev–Trinajstić information content (AvgIpc) is 3.00. The van der Waals surface area contributed by atoms with Crippen LogP contribution in [0.2, 0.25) is 0 Å². The Bertz CT molecular complexity index is 349. The number of aromatic nitrogens is 2. The number of nitrogens with zero attached hydrogens (tertiary/aromatic N) is 2. The number of unbranched alkanes of at least 4 members (excludes halogenated alkanes) is 7. The van der Waals surface area contributed by atoms with Crippen molar-refractivity contribution in [1.82, 2.24) is 14.9 Å². The first-order chi connectivity index (χ1) is 10.3. The zero-order valence-electron chi connectivity index (χ0n) is 13.5. The minimum atomic E-state index is 0.201. The topological polar surface area (TPSA) is 46.9 Å². The normalized spacial score (nSPS) is 10.7. The second kappa shape index (κ2) is 12.4. The number of hydrogen-bond donors (Lipinski definition) is 1. The van der Waals surface area contributed by atoms with Crippen molar-refractivity contribution in [2.24, 2.45) is 0 Å². The molecule has 21 heavy (non-hydrogen) atoms. The Morgan fingerprint density at radius 1 is 1.05 bits per heavy atom. The Balaban J connectivity index is 1.83. The fourth-order valence-corrected chi connectivity index (χ4v) is 2.42. The molecule has 0 saturated heterocycles. The van der Waals surface area contributed by atoms with Gasteiger partial charge in [-0.15, -0.1) is 0 Å². The number of hydrogen-bond acceptors (Lipinski definition) is 2. The molecule has 1 N–H and O–H groups in total. The molecule has 4 heteroatoms. The van der Waals surface area contributed by atoms with Gasteiger partial charge in [0.2, 0.25) is 5.91 Å². The lowest BCUT2D eigenvalue weighted by Gasteiger charge is -2.06. The van der Waals surface area contributed by atoms with E-state index in [1.165, 1.54) is 44.9 Å². The molecule has 0 aliphatic carbocycles. The standard InChI is InChI=1S/C17H31N3O/c1-2-3-4-5-6-7-8-9-11-17(21)19-12-10-14-20-15-13-18-16-20/h13,15-16H,2-12,14H2,1H3,(H,19,21). The quantitative estimate of drug-likeness (QED) is 0.560. The molecule has 0 unspecified atom stereocenters. The van der Waals surface area contributed by atoms with Crippen LogP contribution in [0.3, 0.4) is 0 Å². The number of amides is 1. The Morgan fingerprint density at radius 3 is 2.43 bits per heavy atom. The maximum atomic E-state index is 11.6. The summed E-state index contributed by atoms with van der Waals surface area (Å²) in [6, 6.07) is 0. The van der Waals surface area contributed by atoms with Crippen LogP contribution >= 0.6 is 0 Å². The molecule has 1 aromatic heterocycles. The van der Waals surface area contributed by atoms with E-state index in [4.69, 9.17) is 0 Å². The van der Waals surface area contributed by atoms with E-state index in [2.05, 4.69) is 17.2 Å². The molecule has 0 radical (unpaired) electrons. The van der Waals surface area contributed by atoms with Gasteiger partial charge in [0.05, 0.1) is 6.33 Å². The van der Waals surface area contributed by atoms with Gasteiger partial charge in [-0.1, -0.05) is 51.9 Å². The van der Waals surface area contributed by atoms with Crippen LogP contribution < -0.4 is 5.32 Å². The Kier molecular flexibility index (Phi) is 10.5. The van der Waals surface area contributed by atoms with Gasteiger partial charge in [-0.25, -0.2) is 4.98 Å². The minimum absolute atomic E-state index is 0.201. The zero-order chi connectivity index (χ0) is 15.2. The molecule has 1 aromatic rings. The molecule has 0 aliphatic rings. The van der Waals surface area contributed by atoms with Crippen molar-refractivity contribution in [2.45, 2.75) is 77.7 Å². The van der Waals surface area contributed by atoms with Crippen molar-refractivity contribution in [3.8, 4) is 0 Å². The van der Waals surface area contributed by atoms with Crippen LogP contribution in [0.4, 0.5) is 0 Å². The summed E-state index contributed by atoms with van der Waals surface area (Å²) in [6.45, 7) is 3.92. The van der Waals surface area contributed by atoms with Gasteiger partial charge >= 0.3 is 0 Å². The Morgan fingerprint density at radius 2 is 1.76 bits per heavy atom. The molecule has 1 amide bonds. The highest BCUT2D eigenvalue weighted by molar-refractivity contribution is 5.75. The monoisotopic (exact) mass is 293 g/mol. The van der Waals surface area contributed by atoms with Crippen LogP contribution in [0.15, 0.2) is 18.7 Å². The smallest absolute Gasteiger partial charge is 0.219 e. The summed E-state index contributed by atoms with van der Waals surface area (Å²) in [5.41, 5.74) is 0. The summed E-state index contributed by atoms with van der Waals surface area (Å²) >= 11 is 0. The summed E-state index contributed by atoms with van der Waals surface area (Å²) in [5, 5.41) is 2.99. The SMILES string of the molecule is CCCCCCCCCCC(=O)NCCCn1ccnc1. The molecule has 4 nitrogen and oxygen atoms in total. The van der Waals surface area contributed by atoms with E-state index in [1.54, 1.807) is 6.20 Å². The summed E-state index contributed by atoms with van der Waals surface area (Å²) in [6.07, 6.45) is 17.4. The van der Waals surface area contributed by atoms with Crippen LogP contribution in [0.25, 0.3) is 0 Å². The number of rotatable bonds is 13. The van der Waals surface area contributed by atoms with Crippen molar-refractivity contribution >= 4 is 5.91 Å². The predicted octanol–water partition coefficient (Wildman–Crippen LogP) is 3.92. The second-order valence-corrected chi connectivity index (χ2v) is 5.73. The van der Waals surface area contributed by atoms with Crippen LogP contribution in [0.1, 0.15) is 71.1 Å². The highest BCUT2D eigenvalue weighted by Crippen LogP contribution is 2.09. The molecule has 1 heterocycles. The molecule has 0 fully saturated rings. The minimum Gasteiger partial charge on any atom is -0.356 e. The van der Waals surface area contributed by atoms with Gasteiger partial charge in [0.15, 0.2) is 0 Å². The summed E-state index contributed by atoms with van der Waals surface area (Å²) in [4.78, 5) is 15.6. The van der Waals surface area contributed by atoms with Gasteiger partial charge in [-0.05, 0) is 12.8 Å². The van der Waals surface area contributed by atoms with Crippen molar-refractivity contribution < 1.29 is 4.79 Å². The number of carbonyl (C=O) groups excluding carboxylic acids is 1. The molecule has 0 saturated carbocycles. The average molecular weight is 293 g/mol. The third kappa shape index (κ3) is 10.1. The van der Waals surface area contributed by atoms with Crippen molar-refractivity contribution in [3.63, 3.8) is 0 Å². The summed E-state index contributed by atoms with van der Waals surface area (Å²) in [5.74, 6) is 0.201. The van der Waals surface area contributed by atoms with E-state index in [1.807, 2.05) is 17.1 Å². The fraction of sp³-hybridized carbons (Fsp3) is 0.765. The van der Waals surface area contributed by atoms with Crippen LogP contribution in [-0.2, 0) is 11.3 Å². The molecule has 0 spiro atoms. The molecule has 0 aromatic carbocycles. The van der Waals surface area contributed by atoms with Crippen molar-refractivity contribution in [2.75, 3.05) is 6.54 Å². The fourth-order valence-electron chi connectivity index (χ4n) is 2.42. The molecule has 1 rings (SSSR count). The lowest BCUT2D eigenvalue weighted by Crippen LogP contribution is -2.24. The van der Waals surface area contributed by atoms with Gasteiger partial charge in [0.25, 0.3) is 0 Å². The molecule has 0 atom stereocenters. The molecular formula is C17H31N3O. The van der Waals surface area contributed by atoms with E-state index < -0.39 is 0 Å². The van der Waals surface area contributed by atoms with Gasteiger partial charge < -0.3 is 9.88 Å². The van der Waals surface area contributed by atoms with E-state index in [0.717, 1.165) is 25.9 Å². The summed E-state index contributed by atoms with van der Waals surface area (Å²) < 4.78 is 2.03. The van der Waals surface area contributed by atoms with Gasteiger partial charge in [-0.2, -0.15) is 0 Å². The largest absolute Gasteiger partial charge is 0.356 e. The number of carbonyl (C=O) groups is 1. The van der Waals surface area contributed by atoms with Crippen LogP contribution in [0, 0.1) is 0 Å². The summed E-state index contributed by atoms with van der Waals surface area (Å²) in [7, 11) is 0. The first-order valence-corrected chi connectivity index (χ1v) is 8.55. The van der Waals surface area contributed by atoms with Gasteiger partial charge in [0.1, 0.15) is 0 Å². The third-order valence-corrected chi connectivity index (χ3v) is 3.73. The lowest BCUT2D eigenvalue weighted by molar-refractivity contribution is -0.121. The first kappa shape index (κ1) is 17.7. The van der Waals surface area contributed by atoms with E-state index in [9.17, 15) is 4.79 Å². The maximum absolute atomic E-state index is 11.6. The number of aryl methyl sites for hydroxylation is 1. The molecule has 120 valence electrons. The highest BCUT2D eigenvalue weighted by Gasteiger charge is 2.00. The third-order valence-electron chi connectivity index (χ3n) is 3.73. The Labute approximate surface area is 129 Å². The number of nitrogens with one attached hydrogen (secondary N) is 1. The van der Waals surface area contributed by atoms with E-state index in [0.29, 0.717) is 6.42 Å². The zero-order valence-corrected chi connectivity index (χ0v) is 13.5. The molecule has 0 bridgehead atoms. The van der Waals surface area contributed by atoms with Crippen LogP contribution in [0.5, 0.6) is 0 Å². The van der Waals surface area contributed by atoms with E-state index in [-0.39, 0.29) is 5.91 Å². The van der Waals surface area contributed by atoms with Gasteiger partial charge in [-0.3, -0.25) is 4.79 Å². The maximum Gasteiger partial charge on any atom is 0.219 e. The second-order valence-electron chi connectivity index (χ2n) is 5.73. The lowest BCUT2D eigenvalue weighted by atomic mass is 10.1. The van der Waals surface area contributed by atoms with Crippen LogP contribution in [-0.4, -0.2) is 22.0 Å². The highest BCUT2D eigenvalue weighted by atomic mass is 16.1. The number of imidazole rings is 1. The molecule has 0 aliphatic heterocycles. The molecular weight excluding hydrogens is 262 g/mol. The van der Waals surface area contributed by atoms with E-state index >= 15 is 0 Å². The van der Waals surface area contributed by atoms with Gasteiger partial charge in [0, 0.05) is 31.9 Å². The predicted molar refractivity (Wildman–Crippen MR) is 87.1 cm³/mol.